The van der Waals surface area contributed by atoms with Gasteiger partial charge in [-0.3, -0.25) is 0 Å². The molecule has 2 aliphatic rings. The van der Waals surface area contributed by atoms with Crippen LogP contribution in [0.1, 0.15) is 5.76 Å². The molecule has 2 aliphatic heterocycles. The molecule has 0 spiro atoms. The number of rotatable bonds is 3. The van der Waals surface area contributed by atoms with E-state index in [2.05, 4.69) is 0 Å². The summed E-state index contributed by atoms with van der Waals surface area (Å²) in [4.78, 5) is 0. The molecule has 0 aromatic carbocycles. The molecule has 2 saturated heterocycles. The number of hydrogen-bond donors (Lipinski definition) is 6. The third-order valence-corrected chi connectivity index (χ3v) is 4.60. The van der Waals surface area contributed by atoms with Crippen molar-refractivity contribution in [2.45, 2.75) is 41.7 Å². The van der Waals surface area contributed by atoms with Crippen LogP contribution in [-0.2, 0) is 15.1 Å². The van der Waals surface area contributed by atoms with Crippen LogP contribution in [0.5, 0.6) is 0 Å². The van der Waals surface area contributed by atoms with Gasteiger partial charge in [0.25, 0.3) is 0 Å². The summed E-state index contributed by atoms with van der Waals surface area (Å²) in [5, 5.41) is 60.1. The summed E-state index contributed by atoms with van der Waals surface area (Å²) >= 11 is 0. The molecular formula is C14H20O9. The first-order valence-corrected chi connectivity index (χ1v) is 7.22. The fraction of sp³-hybridized carbons (Fsp3) is 0.714. The van der Waals surface area contributed by atoms with Crippen LogP contribution in [0.15, 0.2) is 22.8 Å². The van der Waals surface area contributed by atoms with Crippen molar-refractivity contribution in [3.05, 3.63) is 24.2 Å². The van der Waals surface area contributed by atoms with Crippen LogP contribution in [-0.4, -0.2) is 86.6 Å². The fourth-order valence-electron chi connectivity index (χ4n) is 3.17. The molecule has 1 aromatic heterocycles. The summed E-state index contributed by atoms with van der Waals surface area (Å²) in [6.45, 7) is -1.50. The summed E-state index contributed by atoms with van der Waals surface area (Å²) in [5.41, 5.74) is -3.78. The first-order valence-electron chi connectivity index (χ1n) is 7.22. The average Bonchev–Trinajstić information content (AvgIpc) is 3.17. The molecule has 7 atom stereocenters. The van der Waals surface area contributed by atoms with E-state index in [4.69, 9.17) is 13.9 Å². The summed E-state index contributed by atoms with van der Waals surface area (Å²) in [5.74, 6) is 0.0576. The summed E-state index contributed by atoms with van der Waals surface area (Å²) in [6.07, 6.45) is -6.24. The number of aliphatic hydroxyl groups is 6. The average molecular weight is 332 g/mol. The van der Waals surface area contributed by atoms with E-state index in [-0.39, 0.29) is 12.4 Å². The van der Waals surface area contributed by atoms with Gasteiger partial charge in [-0.05, 0) is 12.1 Å². The molecule has 0 aliphatic carbocycles. The summed E-state index contributed by atoms with van der Waals surface area (Å²) in [6, 6.07) is 2.98. The molecule has 0 radical (unpaired) electrons. The largest absolute Gasteiger partial charge is 0.466 e. The molecule has 9 heteroatoms. The van der Waals surface area contributed by atoms with Gasteiger partial charge in [0, 0.05) is 0 Å². The Bertz CT molecular complexity index is 534. The van der Waals surface area contributed by atoms with Gasteiger partial charge in [-0.1, -0.05) is 0 Å². The van der Waals surface area contributed by atoms with E-state index >= 15 is 0 Å². The predicted octanol–water partition coefficient (Wildman–Crippen LogP) is -2.93. The van der Waals surface area contributed by atoms with Crippen molar-refractivity contribution in [2.75, 3.05) is 19.8 Å². The highest BCUT2D eigenvalue weighted by atomic mass is 16.6. The number of aliphatic hydroxyl groups excluding tert-OH is 5. The highest BCUT2D eigenvalue weighted by Gasteiger charge is 2.65. The molecule has 2 fully saturated rings. The van der Waals surface area contributed by atoms with Crippen molar-refractivity contribution >= 4 is 0 Å². The van der Waals surface area contributed by atoms with E-state index in [0.29, 0.717) is 0 Å². The molecule has 6 N–H and O–H groups in total. The van der Waals surface area contributed by atoms with E-state index in [9.17, 15) is 30.6 Å². The van der Waals surface area contributed by atoms with Crippen molar-refractivity contribution in [3.63, 3.8) is 0 Å². The van der Waals surface area contributed by atoms with Crippen LogP contribution >= 0.6 is 0 Å². The van der Waals surface area contributed by atoms with Gasteiger partial charge in [0.05, 0.1) is 26.1 Å². The first-order chi connectivity index (χ1) is 10.9. The summed E-state index contributed by atoms with van der Waals surface area (Å²) in [7, 11) is 0. The molecule has 130 valence electrons. The smallest absolute Gasteiger partial charge is 0.182 e. The maximum atomic E-state index is 10.5. The van der Waals surface area contributed by atoms with Gasteiger partial charge in [-0.15, -0.1) is 0 Å². The lowest BCUT2D eigenvalue weighted by molar-refractivity contribution is -0.288. The maximum absolute atomic E-state index is 10.5. The topological polar surface area (TPSA) is 153 Å². The van der Waals surface area contributed by atoms with Gasteiger partial charge in [0.1, 0.15) is 41.9 Å². The molecule has 0 saturated carbocycles. The Kier molecular flexibility index (Phi) is 4.23. The van der Waals surface area contributed by atoms with E-state index in [1.54, 1.807) is 0 Å². The zero-order valence-electron chi connectivity index (χ0n) is 12.1. The van der Waals surface area contributed by atoms with Gasteiger partial charge < -0.3 is 44.5 Å². The van der Waals surface area contributed by atoms with E-state index in [0.717, 1.165) is 0 Å². The third-order valence-electron chi connectivity index (χ3n) is 4.60. The SMILES string of the molecule is OCC1(O)COC([C@@]2(c3ccco3)OC[C@@H](O)[C@@H](O)[C@@H]2O)[C@@H]1O. The number of furan rings is 1. The Labute approximate surface area is 131 Å². The lowest BCUT2D eigenvalue weighted by Crippen LogP contribution is -2.66. The minimum absolute atomic E-state index is 0.0576. The zero-order chi connectivity index (χ0) is 16.8. The molecule has 0 bridgehead atoms. The fourth-order valence-corrected chi connectivity index (χ4v) is 3.17. The Morgan fingerprint density at radius 3 is 2.48 bits per heavy atom. The van der Waals surface area contributed by atoms with Crippen LogP contribution in [0.2, 0.25) is 0 Å². The van der Waals surface area contributed by atoms with Gasteiger partial charge in [-0.25, -0.2) is 0 Å². The minimum Gasteiger partial charge on any atom is -0.466 e. The number of ether oxygens (including phenoxy) is 2. The van der Waals surface area contributed by atoms with Crippen molar-refractivity contribution in [1.29, 1.82) is 0 Å². The van der Waals surface area contributed by atoms with Gasteiger partial charge in [0.15, 0.2) is 5.60 Å². The first kappa shape index (κ1) is 16.8. The van der Waals surface area contributed by atoms with Crippen molar-refractivity contribution in [1.82, 2.24) is 0 Å². The van der Waals surface area contributed by atoms with E-state index in [1.807, 2.05) is 0 Å². The lowest BCUT2D eigenvalue weighted by atomic mass is 9.77. The normalized spacial score (nSPS) is 47.8. The van der Waals surface area contributed by atoms with Crippen LogP contribution < -0.4 is 0 Å². The predicted molar refractivity (Wildman–Crippen MR) is 72.1 cm³/mol. The Morgan fingerprint density at radius 2 is 1.91 bits per heavy atom. The summed E-state index contributed by atoms with van der Waals surface area (Å²) < 4.78 is 16.2. The molecule has 3 rings (SSSR count). The Hall–Kier alpha value is -1.04. The highest BCUT2D eigenvalue weighted by Crippen LogP contribution is 2.45. The quantitative estimate of drug-likeness (QED) is 0.341. The van der Waals surface area contributed by atoms with Crippen LogP contribution in [0.4, 0.5) is 0 Å². The zero-order valence-corrected chi connectivity index (χ0v) is 12.1. The second-order valence-corrected chi connectivity index (χ2v) is 6.02. The van der Waals surface area contributed by atoms with Crippen LogP contribution in [0.25, 0.3) is 0 Å². The molecule has 0 amide bonds. The second-order valence-electron chi connectivity index (χ2n) is 6.02. The molecular weight excluding hydrogens is 312 g/mol. The molecule has 3 heterocycles. The van der Waals surface area contributed by atoms with E-state index < -0.39 is 54.9 Å². The van der Waals surface area contributed by atoms with E-state index in [1.165, 1.54) is 18.4 Å². The standard InChI is InChI=1S/C14H20O9/c15-5-13(20)6-22-12(11(13)19)14(8-2-1-3-21-8)10(18)9(17)7(16)4-23-14/h1-3,7,9-12,15-20H,4-6H2/t7-,9-,10+,11+,12?,13?,14+/m1/s1. The minimum atomic E-state index is -1.94. The third kappa shape index (κ3) is 2.32. The monoisotopic (exact) mass is 332 g/mol. The van der Waals surface area contributed by atoms with Crippen molar-refractivity contribution in [3.8, 4) is 0 Å². The number of hydrogen-bond acceptors (Lipinski definition) is 9. The van der Waals surface area contributed by atoms with Crippen molar-refractivity contribution < 1.29 is 44.5 Å². The highest BCUT2D eigenvalue weighted by molar-refractivity contribution is 5.22. The second kappa shape index (κ2) is 5.80. The van der Waals surface area contributed by atoms with Gasteiger partial charge in [-0.2, -0.15) is 0 Å². The van der Waals surface area contributed by atoms with Crippen LogP contribution in [0, 0.1) is 0 Å². The van der Waals surface area contributed by atoms with Gasteiger partial charge >= 0.3 is 0 Å². The molecule has 9 nitrogen and oxygen atoms in total. The molecule has 1 aromatic rings. The van der Waals surface area contributed by atoms with Crippen LogP contribution in [0.3, 0.4) is 0 Å². The molecule has 2 unspecified atom stereocenters. The van der Waals surface area contributed by atoms with Gasteiger partial charge in [0.2, 0.25) is 0 Å². The lowest BCUT2D eigenvalue weighted by Gasteiger charge is -2.47. The Morgan fingerprint density at radius 1 is 1.17 bits per heavy atom. The van der Waals surface area contributed by atoms with Crippen molar-refractivity contribution in [2.24, 2.45) is 0 Å². The Balaban J connectivity index is 2.05. The molecule has 23 heavy (non-hydrogen) atoms. The maximum Gasteiger partial charge on any atom is 0.182 e.